The molecule has 0 saturated carbocycles. The lowest BCUT2D eigenvalue weighted by atomic mass is 9.86. The van der Waals surface area contributed by atoms with Crippen molar-refractivity contribution in [2.45, 2.75) is 45.6 Å². The van der Waals surface area contributed by atoms with Crippen LogP contribution in [-0.2, 0) is 9.47 Å². The largest absolute Gasteiger partial charge is 0.383 e. The van der Waals surface area contributed by atoms with Gasteiger partial charge in [0.05, 0.1) is 12.7 Å². The predicted molar refractivity (Wildman–Crippen MR) is 66.7 cm³/mol. The maximum Gasteiger partial charge on any atom is 0.0587 e. The molecule has 1 N–H and O–H groups in total. The van der Waals surface area contributed by atoms with Crippen molar-refractivity contribution < 1.29 is 9.47 Å². The van der Waals surface area contributed by atoms with Crippen LogP contribution in [0.2, 0.25) is 0 Å². The summed E-state index contributed by atoms with van der Waals surface area (Å²) in [7, 11) is 1.74. The van der Waals surface area contributed by atoms with E-state index in [1.54, 1.807) is 7.11 Å². The quantitative estimate of drug-likeness (QED) is 0.647. The third kappa shape index (κ3) is 5.83. The van der Waals surface area contributed by atoms with Gasteiger partial charge in [-0.25, -0.2) is 0 Å². The highest BCUT2D eigenvalue weighted by molar-refractivity contribution is 4.75. The van der Waals surface area contributed by atoms with E-state index in [9.17, 15) is 0 Å². The van der Waals surface area contributed by atoms with Crippen LogP contribution in [0.5, 0.6) is 0 Å². The molecule has 0 aromatic rings. The molecule has 16 heavy (non-hydrogen) atoms. The minimum atomic E-state index is 0.361. The lowest BCUT2D eigenvalue weighted by molar-refractivity contribution is 0.0911. The number of hydrogen-bond acceptors (Lipinski definition) is 3. The Balaban J connectivity index is 2.07. The fraction of sp³-hybridized carbons (Fsp3) is 1.00. The van der Waals surface area contributed by atoms with E-state index in [0.717, 1.165) is 26.3 Å². The Morgan fingerprint density at radius 3 is 2.88 bits per heavy atom. The lowest BCUT2D eigenvalue weighted by Gasteiger charge is -2.26. The molecule has 1 unspecified atom stereocenters. The molecule has 1 aliphatic rings. The first kappa shape index (κ1) is 13.9. The second-order valence-electron chi connectivity index (χ2n) is 5.51. The van der Waals surface area contributed by atoms with Crippen molar-refractivity contribution in [1.29, 1.82) is 0 Å². The summed E-state index contributed by atoms with van der Waals surface area (Å²) in [5.74, 6) is 0. The molecule has 1 aliphatic heterocycles. The molecule has 0 aliphatic carbocycles. The number of nitrogens with one attached hydrogen (secondary N) is 1. The Kier molecular flexibility index (Phi) is 6.32. The monoisotopic (exact) mass is 229 g/mol. The van der Waals surface area contributed by atoms with Crippen LogP contribution < -0.4 is 5.32 Å². The third-order valence-corrected chi connectivity index (χ3v) is 3.25. The zero-order valence-corrected chi connectivity index (χ0v) is 11.1. The Morgan fingerprint density at radius 1 is 1.44 bits per heavy atom. The third-order valence-electron chi connectivity index (χ3n) is 3.25. The zero-order valence-electron chi connectivity index (χ0n) is 11.1. The van der Waals surface area contributed by atoms with Crippen molar-refractivity contribution in [1.82, 2.24) is 5.32 Å². The first-order valence-electron chi connectivity index (χ1n) is 6.45. The summed E-state index contributed by atoms with van der Waals surface area (Å²) in [6.07, 6.45) is 5.47. The molecule has 0 amide bonds. The maximum absolute atomic E-state index is 5.65. The molecule has 0 spiro atoms. The van der Waals surface area contributed by atoms with Crippen LogP contribution in [0.4, 0.5) is 0 Å². The first-order valence-corrected chi connectivity index (χ1v) is 6.45. The van der Waals surface area contributed by atoms with Gasteiger partial charge in [-0.3, -0.25) is 0 Å². The van der Waals surface area contributed by atoms with E-state index >= 15 is 0 Å². The maximum atomic E-state index is 5.65. The van der Waals surface area contributed by atoms with Gasteiger partial charge in [0, 0.05) is 26.8 Å². The molecular formula is C13H27NO2. The molecule has 0 aromatic carbocycles. The smallest absolute Gasteiger partial charge is 0.0587 e. The highest BCUT2D eigenvalue weighted by Crippen LogP contribution is 2.26. The van der Waals surface area contributed by atoms with Gasteiger partial charge in [-0.05, 0) is 31.1 Å². The summed E-state index contributed by atoms with van der Waals surface area (Å²) >= 11 is 0. The molecule has 3 nitrogen and oxygen atoms in total. The molecule has 1 atom stereocenters. The van der Waals surface area contributed by atoms with Crippen LogP contribution in [-0.4, -0.2) is 39.5 Å². The van der Waals surface area contributed by atoms with E-state index in [1.807, 2.05) is 0 Å². The summed E-state index contributed by atoms with van der Waals surface area (Å²) in [4.78, 5) is 0. The Bertz CT molecular complexity index is 177. The second kappa shape index (κ2) is 7.25. The topological polar surface area (TPSA) is 30.5 Å². The molecule has 1 rings (SSSR count). The van der Waals surface area contributed by atoms with Gasteiger partial charge in [-0.1, -0.05) is 13.8 Å². The van der Waals surface area contributed by atoms with Gasteiger partial charge in [0.15, 0.2) is 0 Å². The van der Waals surface area contributed by atoms with Gasteiger partial charge >= 0.3 is 0 Å². The summed E-state index contributed by atoms with van der Waals surface area (Å²) in [6.45, 7) is 8.41. The second-order valence-corrected chi connectivity index (χ2v) is 5.51. The van der Waals surface area contributed by atoms with E-state index in [2.05, 4.69) is 19.2 Å². The van der Waals surface area contributed by atoms with Crippen LogP contribution >= 0.6 is 0 Å². The van der Waals surface area contributed by atoms with E-state index in [4.69, 9.17) is 9.47 Å². The van der Waals surface area contributed by atoms with E-state index in [0.29, 0.717) is 11.5 Å². The van der Waals surface area contributed by atoms with E-state index in [-0.39, 0.29) is 0 Å². The van der Waals surface area contributed by atoms with E-state index < -0.39 is 0 Å². The van der Waals surface area contributed by atoms with Gasteiger partial charge in [-0.2, -0.15) is 0 Å². The molecule has 0 bridgehead atoms. The lowest BCUT2D eigenvalue weighted by Crippen LogP contribution is -2.32. The van der Waals surface area contributed by atoms with Crippen LogP contribution in [0.15, 0.2) is 0 Å². The summed E-state index contributed by atoms with van der Waals surface area (Å²) in [6, 6.07) is 0. The summed E-state index contributed by atoms with van der Waals surface area (Å²) < 4.78 is 10.7. The molecule has 3 heteroatoms. The molecule has 0 radical (unpaired) electrons. The molecule has 1 heterocycles. The number of ether oxygens (including phenoxy) is 2. The van der Waals surface area contributed by atoms with Gasteiger partial charge < -0.3 is 14.8 Å². The molecule has 96 valence electrons. The van der Waals surface area contributed by atoms with Crippen molar-refractivity contribution in [2.24, 2.45) is 5.41 Å². The summed E-state index contributed by atoms with van der Waals surface area (Å²) in [5, 5.41) is 3.44. The van der Waals surface area contributed by atoms with Gasteiger partial charge in [0.25, 0.3) is 0 Å². The molecular weight excluding hydrogens is 202 g/mol. The zero-order chi connectivity index (χ0) is 11.9. The van der Waals surface area contributed by atoms with Gasteiger partial charge in [0.1, 0.15) is 0 Å². The van der Waals surface area contributed by atoms with Crippen molar-refractivity contribution in [3.8, 4) is 0 Å². The van der Waals surface area contributed by atoms with Crippen LogP contribution in [0.1, 0.15) is 39.5 Å². The van der Waals surface area contributed by atoms with Crippen molar-refractivity contribution in [2.75, 3.05) is 33.4 Å². The normalized spacial score (nSPS) is 21.6. The summed E-state index contributed by atoms with van der Waals surface area (Å²) in [5.41, 5.74) is 0.361. The Morgan fingerprint density at radius 2 is 2.25 bits per heavy atom. The molecule has 1 fully saturated rings. The van der Waals surface area contributed by atoms with Crippen molar-refractivity contribution >= 4 is 0 Å². The minimum absolute atomic E-state index is 0.361. The fourth-order valence-electron chi connectivity index (χ4n) is 2.11. The van der Waals surface area contributed by atoms with Crippen LogP contribution in [0.3, 0.4) is 0 Å². The van der Waals surface area contributed by atoms with Crippen LogP contribution in [0, 0.1) is 5.41 Å². The van der Waals surface area contributed by atoms with E-state index in [1.165, 1.54) is 25.7 Å². The standard InChI is InChI=1S/C13H27NO2/c1-13(2,11-14-8-10-15-3)7-6-12-5-4-9-16-12/h12,14H,4-11H2,1-3H3. The highest BCUT2D eigenvalue weighted by atomic mass is 16.5. The molecule has 1 saturated heterocycles. The number of methoxy groups -OCH3 is 1. The average molecular weight is 229 g/mol. The van der Waals surface area contributed by atoms with Gasteiger partial charge in [0.2, 0.25) is 0 Å². The highest BCUT2D eigenvalue weighted by Gasteiger charge is 2.22. The number of hydrogen-bond donors (Lipinski definition) is 1. The Hall–Kier alpha value is -0.120. The molecule has 0 aromatic heterocycles. The average Bonchev–Trinajstić information content (AvgIpc) is 2.75. The van der Waals surface area contributed by atoms with Crippen molar-refractivity contribution in [3.63, 3.8) is 0 Å². The predicted octanol–water partition coefficient (Wildman–Crippen LogP) is 2.21. The number of rotatable bonds is 8. The first-order chi connectivity index (χ1) is 7.64. The minimum Gasteiger partial charge on any atom is -0.383 e. The Labute approximate surface area is 99.9 Å². The van der Waals surface area contributed by atoms with Gasteiger partial charge in [-0.15, -0.1) is 0 Å². The van der Waals surface area contributed by atoms with Crippen molar-refractivity contribution in [3.05, 3.63) is 0 Å². The van der Waals surface area contributed by atoms with Crippen LogP contribution in [0.25, 0.3) is 0 Å². The SMILES string of the molecule is COCCNCC(C)(C)CCC1CCCO1. The fourth-order valence-corrected chi connectivity index (χ4v) is 2.11.